The van der Waals surface area contributed by atoms with Gasteiger partial charge < -0.3 is 14.3 Å². The lowest BCUT2D eigenvalue weighted by Crippen LogP contribution is -2.52. The smallest absolute Gasteiger partial charge is 0.365 e. The Morgan fingerprint density at radius 2 is 1.60 bits per heavy atom. The highest BCUT2D eigenvalue weighted by molar-refractivity contribution is 5.95. The number of rotatable bonds is 9. The summed E-state index contributed by atoms with van der Waals surface area (Å²) >= 11 is 0. The van der Waals surface area contributed by atoms with Gasteiger partial charge in [0.25, 0.3) is 0 Å². The summed E-state index contributed by atoms with van der Waals surface area (Å²) in [6.07, 6.45) is 3.93. The van der Waals surface area contributed by atoms with Gasteiger partial charge in [-0.3, -0.25) is 14.6 Å². The SMILES string of the molecule is O=C([C@H](Cc1ccon1)N(Cc1ccc(-c2ccncc2)cc1)C(=O)C=Cc1ccc(C(F)(F)F)cc1)N1CCc2ccccc2C1. The zero-order valence-corrected chi connectivity index (χ0v) is 25.3. The van der Waals surface area contributed by atoms with E-state index in [0.29, 0.717) is 30.8 Å². The summed E-state index contributed by atoms with van der Waals surface area (Å²) < 4.78 is 44.3. The maximum absolute atomic E-state index is 14.4. The molecule has 2 aromatic heterocycles. The number of amides is 2. The van der Waals surface area contributed by atoms with Gasteiger partial charge in [-0.15, -0.1) is 0 Å². The number of carbonyl (C=O) groups is 2. The Hall–Kier alpha value is -5.51. The van der Waals surface area contributed by atoms with E-state index in [0.717, 1.165) is 34.4 Å². The third kappa shape index (κ3) is 7.66. The largest absolute Gasteiger partial charge is 0.416 e. The Kier molecular flexibility index (Phi) is 9.28. The van der Waals surface area contributed by atoms with E-state index in [1.807, 2.05) is 54.6 Å². The van der Waals surface area contributed by atoms with Gasteiger partial charge in [-0.25, -0.2) is 0 Å². The molecule has 0 saturated heterocycles. The molecule has 2 amide bonds. The van der Waals surface area contributed by atoms with Crippen molar-refractivity contribution >= 4 is 17.9 Å². The van der Waals surface area contributed by atoms with Crippen LogP contribution in [0.25, 0.3) is 17.2 Å². The third-order valence-electron chi connectivity index (χ3n) is 8.26. The molecule has 7 nitrogen and oxygen atoms in total. The molecule has 6 rings (SSSR count). The van der Waals surface area contributed by atoms with Crippen LogP contribution in [0.5, 0.6) is 0 Å². The minimum Gasteiger partial charge on any atom is -0.365 e. The molecule has 5 aromatic rings. The topological polar surface area (TPSA) is 79.5 Å². The number of aromatic nitrogens is 2. The monoisotopic (exact) mass is 636 g/mol. The van der Waals surface area contributed by atoms with Crippen molar-refractivity contribution < 1.29 is 27.3 Å². The van der Waals surface area contributed by atoms with Crippen LogP contribution in [-0.2, 0) is 41.7 Å². The number of hydrogen-bond donors (Lipinski definition) is 0. The van der Waals surface area contributed by atoms with Crippen molar-refractivity contribution in [3.05, 3.63) is 149 Å². The Morgan fingerprint density at radius 3 is 2.28 bits per heavy atom. The third-order valence-corrected chi connectivity index (χ3v) is 8.26. The highest BCUT2D eigenvalue weighted by Crippen LogP contribution is 2.29. The van der Waals surface area contributed by atoms with Crippen LogP contribution in [0.3, 0.4) is 0 Å². The molecular weight excluding hydrogens is 605 g/mol. The fourth-order valence-electron chi connectivity index (χ4n) is 5.70. The average Bonchev–Trinajstić information content (AvgIpc) is 3.62. The fraction of sp³-hybridized carbons (Fsp3) is 0.189. The number of pyridine rings is 1. The first-order valence-corrected chi connectivity index (χ1v) is 15.1. The summed E-state index contributed by atoms with van der Waals surface area (Å²) in [4.78, 5) is 35.7. The lowest BCUT2D eigenvalue weighted by molar-refractivity contribution is -0.144. The lowest BCUT2D eigenvalue weighted by Gasteiger charge is -2.36. The molecule has 1 atom stereocenters. The van der Waals surface area contributed by atoms with E-state index in [1.165, 1.54) is 41.0 Å². The molecule has 47 heavy (non-hydrogen) atoms. The van der Waals surface area contributed by atoms with Crippen LogP contribution < -0.4 is 0 Å². The van der Waals surface area contributed by atoms with E-state index in [2.05, 4.69) is 16.2 Å². The van der Waals surface area contributed by atoms with E-state index >= 15 is 0 Å². The Labute approximate surface area is 270 Å². The van der Waals surface area contributed by atoms with Crippen molar-refractivity contribution in [3.8, 4) is 11.1 Å². The molecule has 0 aliphatic carbocycles. The van der Waals surface area contributed by atoms with Gasteiger partial charge >= 0.3 is 6.18 Å². The number of halogens is 3. The first kappa shape index (κ1) is 31.5. The summed E-state index contributed by atoms with van der Waals surface area (Å²) in [5.41, 5.74) is 5.14. The molecule has 0 fully saturated rings. The summed E-state index contributed by atoms with van der Waals surface area (Å²) in [6, 6.07) is 24.8. The van der Waals surface area contributed by atoms with Crippen LogP contribution in [0.2, 0.25) is 0 Å². The van der Waals surface area contributed by atoms with Gasteiger partial charge in [-0.1, -0.05) is 65.8 Å². The van der Waals surface area contributed by atoms with Gasteiger partial charge in [-0.2, -0.15) is 13.2 Å². The van der Waals surface area contributed by atoms with Gasteiger partial charge in [0.2, 0.25) is 11.8 Å². The predicted molar refractivity (Wildman–Crippen MR) is 170 cm³/mol. The van der Waals surface area contributed by atoms with Crippen molar-refractivity contribution in [1.29, 1.82) is 0 Å². The highest BCUT2D eigenvalue weighted by atomic mass is 19.4. The number of fused-ring (bicyclic) bond motifs is 1. The molecule has 10 heteroatoms. The molecular formula is C37H31F3N4O3. The second-order valence-corrected chi connectivity index (χ2v) is 11.3. The minimum absolute atomic E-state index is 0.103. The quantitative estimate of drug-likeness (QED) is 0.163. The van der Waals surface area contributed by atoms with Crippen molar-refractivity contribution in [2.24, 2.45) is 0 Å². The highest BCUT2D eigenvalue weighted by Gasteiger charge is 2.35. The maximum Gasteiger partial charge on any atom is 0.416 e. The molecule has 1 aliphatic rings. The first-order chi connectivity index (χ1) is 22.7. The molecule has 0 saturated carbocycles. The standard InChI is InChI=1S/C37H31F3N4O3/c38-37(39,40)32-12-7-26(8-13-32)9-14-35(45)44(24-27-5-10-29(11-6-27)30-15-19-41-20-16-30)34(23-33-18-22-47-42-33)36(46)43-21-17-28-3-1-2-4-31(28)25-43/h1-16,18-20,22,34H,17,21,23-25H2/t34-/m0/s1. The Morgan fingerprint density at radius 1 is 0.894 bits per heavy atom. The molecule has 0 radical (unpaired) electrons. The van der Waals surface area contributed by atoms with E-state index in [1.54, 1.807) is 23.4 Å². The van der Waals surface area contributed by atoms with E-state index < -0.39 is 23.7 Å². The van der Waals surface area contributed by atoms with Gasteiger partial charge in [0, 0.05) is 50.6 Å². The zero-order chi connectivity index (χ0) is 32.8. The van der Waals surface area contributed by atoms with Crippen LogP contribution in [0, 0.1) is 0 Å². The van der Waals surface area contributed by atoms with Crippen LogP contribution in [-0.4, -0.2) is 44.3 Å². The number of hydrogen-bond acceptors (Lipinski definition) is 5. The van der Waals surface area contributed by atoms with Gasteiger partial charge in [0.1, 0.15) is 12.3 Å². The maximum atomic E-state index is 14.4. The van der Waals surface area contributed by atoms with Crippen molar-refractivity contribution in [2.75, 3.05) is 6.54 Å². The second kappa shape index (κ2) is 13.9. The normalized spacial score (nSPS) is 13.7. The lowest BCUT2D eigenvalue weighted by atomic mass is 9.98. The Bertz CT molecular complexity index is 1840. The van der Waals surface area contributed by atoms with E-state index in [4.69, 9.17) is 4.52 Å². The van der Waals surface area contributed by atoms with Crippen LogP contribution in [0.4, 0.5) is 13.2 Å². The molecule has 0 unspecified atom stereocenters. The predicted octanol–water partition coefficient (Wildman–Crippen LogP) is 6.99. The number of benzene rings is 3. The van der Waals surface area contributed by atoms with Crippen LogP contribution in [0.15, 0.2) is 120 Å². The van der Waals surface area contributed by atoms with E-state index in [9.17, 15) is 22.8 Å². The molecule has 0 bridgehead atoms. The van der Waals surface area contributed by atoms with E-state index in [-0.39, 0.29) is 18.9 Å². The molecule has 3 aromatic carbocycles. The second-order valence-electron chi connectivity index (χ2n) is 11.3. The van der Waals surface area contributed by atoms with Crippen molar-refractivity contribution in [2.45, 2.75) is 38.1 Å². The van der Waals surface area contributed by atoms with Gasteiger partial charge in [0.15, 0.2) is 0 Å². The number of nitrogens with zero attached hydrogens (tertiary/aromatic N) is 4. The van der Waals surface area contributed by atoms with Crippen molar-refractivity contribution in [3.63, 3.8) is 0 Å². The molecule has 0 spiro atoms. The number of alkyl halides is 3. The summed E-state index contributed by atoms with van der Waals surface area (Å²) in [5, 5.41) is 4.04. The van der Waals surface area contributed by atoms with Gasteiger partial charge in [-0.05, 0) is 70.1 Å². The zero-order valence-electron chi connectivity index (χ0n) is 25.3. The summed E-state index contributed by atoms with van der Waals surface area (Å²) in [7, 11) is 0. The van der Waals surface area contributed by atoms with Crippen LogP contribution >= 0.6 is 0 Å². The van der Waals surface area contributed by atoms with Crippen molar-refractivity contribution in [1.82, 2.24) is 19.9 Å². The molecule has 0 N–H and O–H groups in total. The minimum atomic E-state index is -4.47. The molecule has 1 aliphatic heterocycles. The van der Waals surface area contributed by atoms with Crippen LogP contribution in [0.1, 0.15) is 33.5 Å². The average molecular weight is 637 g/mol. The Balaban J connectivity index is 1.32. The summed E-state index contributed by atoms with van der Waals surface area (Å²) in [6.45, 7) is 1.01. The van der Waals surface area contributed by atoms with Gasteiger partial charge in [0.05, 0.1) is 11.3 Å². The first-order valence-electron chi connectivity index (χ1n) is 15.1. The summed E-state index contributed by atoms with van der Waals surface area (Å²) in [5.74, 6) is -0.699. The molecule has 238 valence electrons. The molecule has 3 heterocycles. The number of carbonyl (C=O) groups excluding carboxylic acids is 2. The fourth-order valence-corrected chi connectivity index (χ4v) is 5.70.